The normalized spacial score (nSPS) is 16.8. The first-order valence-corrected chi connectivity index (χ1v) is 12.3. The highest BCUT2D eigenvalue weighted by Crippen LogP contribution is 2.42. The number of thiocarbonyl (C=S) groups is 1. The van der Waals surface area contributed by atoms with E-state index in [2.05, 4.69) is 15.6 Å². The van der Waals surface area contributed by atoms with Crippen LogP contribution in [-0.4, -0.2) is 45.4 Å². The van der Waals surface area contributed by atoms with Crippen LogP contribution in [0.2, 0.25) is 0 Å². The van der Waals surface area contributed by atoms with E-state index >= 15 is 0 Å². The number of anilines is 2. The van der Waals surface area contributed by atoms with Crippen LogP contribution in [0.15, 0.2) is 91.3 Å². The Morgan fingerprint density at radius 1 is 1.05 bits per heavy atom. The van der Waals surface area contributed by atoms with Gasteiger partial charge >= 0.3 is 5.97 Å². The van der Waals surface area contributed by atoms with Gasteiger partial charge in [-0.2, -0.15) is 0 Å². The summed E-state index contributed by atoms with van der Waals surface area (Å²) in [4.78, 5) is 30.2. The molecule has 1 aliphatic rings. The van der Waals surface area contributed by atoms with E-state index < -0.39 is 5.97 Å². The fraction of sp³-hybridized carbons (Fsp3) is 0.143. The summed E-state index contributed by atoms with van der Waals surface area (Å²) in [5.74, 6) is -1.23. The van der Waals surface area contributed by atoms with Crippen molar-refractivity contribution in [3.63, 3.8) is 0 Å². The number of carbonyl (C=O) groups is 2. The van der Waals surface area contributed by atoms with E-state index in [4.69, 9.17) is 17.0 Å². The number of rotatable bonds is 8. The minimum atomic E-state index is -0.991. The van der Waals surface area contributed by atoms with Crippen molar-refractivity contribution >= 4 is 40.6 Å². The van der Waals surface area contributed by atoms with Crippen LogP contribution in [0.4, 0.5) is 11.4 Å². The summed E-state index contributed by atoms with van der Waals surface area (Å²) < 4.78 is 6.85. The Balaban J connectivity index is 1.57. The van der Waals surface area contributed by atoms with Gasteiger partial charge in [0, 0.05) is 42.3 Å². The maximum atomic E-state index is 11.9. The molecule has 0 saturated carbocycles. The van der Waals surface area contributed by atoms with Gasteiger partial charge in [-0.1, -0.05) is 12.1 Å². The second-order valence-corrected chi connectivity index (χ2v) is 9.07. The van der Waals surface area contributed by atoms with Gasteiger partial charge < -0.3 is 29.9 Å². The van der Waals surface area contributed by atoms with Crippen LogP contribution in [0, 0.1) is 0 Å². The third-order valence-corrected chi connectivity index (χ3v) is 6.57. The smallest absolute Gasteiger partial charge is 0.335 e. The molecule has 5 rings (SSSR count). The minimum Gasteiger partial charge on any atom is -0.478 e. The molecule has 2 aromatic heterocycles. The lowest BCUT2D eigenvalue weighted by Crippen LogP contribution is -2.30. The number of benzene rings is 2. The molecule has 0 aliphatic carbocycles. The average Bonchev–Trinajstić information content (AvgIpc) is 3.54. The SMILES string of the molecule is COCC(=O)Nc1ccc(N2C(=S)N[C@@H](c3ccccn3)[C@H]2c2cccn2-c2cccc(C(=O)O)c2)cc1. The Labute approximate surface area is 224 Å². The molecule has 1 fully saturated rings. The minimum absolute atomic E-state index is 0.0320. The van der Waals surface area contributed by atoms with Crippen molar-refractivity contribution in [1.29, 1.82) is 0 Å². The number of aromatic nitrogens is 2. The lowest BCUT2D eigenvalue weighted by Gasteiger charge is -2.29. The number of carbonyl (C=O) groups excluding carboxylic acids is 1. The van der Waals surface area contributed by atoms with E-state index in [0.717, 1.165) is 22.8 Å². The number of hydrogen-bond donors (Lipinski definition) is 3. The summed E-state index contributed by atoms with van der Waals surface area (Å²) >= 11 is 5.82. The van der Waals surface area contributed by atoms with Crippen molar-refractivity contribution < 1.29 is 19.4 Å². The second-order valence-electron chi connectivity index (χ2n) is 8.68. The predicted octanol–water partition coefficient (Wildman–Crippen LogP) is 4.33. The zero-order valence-corrected chi connectivity index (χ0v) is 21.3. The van der Waals surface area contributed by atoms with Gasteiger partial charge in [0.2, 0.25) is 5.91 Å². The van der Waals surface area contributed by atoms with Gasteiger partial charge in [-0.25, -0.2) is 4.79 Å². The first-order chi connectivity index (χ1) is 18.5. The molecule has 0 unspecified atom stereocenters. The van der Waals surface area contributed by atoms with Crippen LogP contribution in [0.1, 0.15) is 33.8 Å². The number of hydrogen-bond acceptors (Lipinski definition) is 5. The van der Waals surface area contributed by atoms with Crippen molar-refractivity contribution in [3.8, 4) is 5.69 Å². The molecule has 3 N–H and O–H groups in total. The van der Waals surface area contributed by atoms with Crippen LogP contribution in [0.3, 0.4) is 0 Å². The van der Waals surface area contributed by atoms with Gasteiger partial charge in [-0.3, -0.25) is 9.78 Å². The topological polar surface area (TPSA) is 109 Å². The van der Waals surface area contributed by atoms with Crippen LogP contribution in [-0.2, 0) is 9.53 Å². The third kappa shape index (κ3) is 4.99. The number of carboxylic acid groups (broad SMARTS) is 1. The molecule has 4 aromatic rings. The Morgan fingerprint density at radius 3 is 2.58 bits per heavy atom. The molecule has 0 radical (unpaired) electrons. The Morgan fingerprint density at radius 2 is 1.87 bits per heavy atom. The first kappa shape index (κ1) is 25.1. The largest absolute Gasteiger partial charge is 0.478 e. The van der Waals surface area contributed by atoms with Crippen LogP contribution >= 0.6 is 12.2 Å². The molecule has 9 nitrogen and oxygen atoms in total. The average molecular weight is 528 g/mol. The van der Waals surface area contributed by atoms with Gasteiger partial charge in [0.25, 0.3) is 0 Å². The zero-order valence-electron chi connectivity index (χ0n) is 20.4. The summed E-state index contributed by atoms with van der Waals surface area (Å²) in [6, 6.07) is 23.3. The molecule has 0 bridgehead atoms. The molecular formula is C28H25N5O4S. The highest BCUT2D eigenvalue weighted by Gasteiger charge is 2.42. The zero-order chi connectivity index (χ0) is 26.6. The van der Waals surface area contributed by atoms with Gasteiger partial charge in [-0.15, -0.1) is 0 Å². The molecule has 2 atom stereocenters. The van der Waals surface area contributed by atoms with Gasteiger partial charge in [-0.05, 0) is 78.9 Å². The lowest BCUT2D eigenvalue weighted by molar-refractivity contribution is -0.119. The van der Waals surface area contributed by atoms with Crippen LogP contribution in [0.5, 0.6) is 0 Å². The van der Waals surface area contributed by atoms with Crippen molar-refractivity contribution in [3.05, 3.63) is 108 Å². The standard InChI is InChI=1S/C28H25N5O4S/c1-37-17-24(34)30-19-10-12-20(13-11-19)33-26(25(31-28(33)38)22-8-2-3-14-29-22)23-9-5-15-32(23)21-7-4-6-18(16-21)27(35)36/h2-16,25-26H,17H2,1H3,(H,30,34)(H,31,38)(H,35,36)/t25-,26+/m0/s1. The number of methoxy groups -OCH3 is 1. The molecule has 10 heteroatoms. The van der Waals surface area contributed by atoms with Crippen LogP contribution in [0.25, 0.3) is 5.69 Å². The van der Waals surface area contributed by atoms with E-state index in [9.17, 15) is 14.7 Å². The molecule has 192 valence electrons. The van der Waals surface area contributed by atoms with Crippen molar-refractivity contribution in [1.82, 2.24) is 14.9 Å². The Hall–Kier alpha value is -4.54. The third-order valence-electron chi connectivity index (χ3n) is 6.26. The number of nitrogens with one attached hydrogen (secondary N) is 2. The summed E-state index contributed by atoms with van der Waals surface area (Å²) in [7, 11) is 1.47. The number of nitrogens with zero attached hydrogens (tertiary/aromatic N) is 3. The number of pyridine rings is 1. The molecule has 3 heterocycles. The predicted molar refractivity (Wildman–Crippen MR) is 148 cm³/mol. The molecule has 1 saturated heterocycles. The fourth-order valence-electron chi connectivity index (χ4n) is 4.63. The summed E-state index contributed by atoms with van der Waals surface area (Å²) in [6.45, 7) is -0.0320. The van der Waals surface area contributed by atoms with Gasteiger partial charge in [0.15, 0.2) is 5.11 Å². The lowest BCUT2D eigenvalue weighted by atomic mass is 10.0. The highest BCUT2D eigenvalue weighted by molar-refractivity contribution is 7.80. The quantitative estimate of drug-likeness (QED) is 0.291. The summed E-state index contributed by atoms with van der Waals surface area (Å²) in [5.41, 5.74) is 4.10. The van der Waals surface area contributed by atoms with E-state index in [1.54, 1.807) is 24.4 Å². The summed E-state index contributed by atoms with van der Waals surface area (Å²) in [6.07, 6.45) is 3.65. The summed E-state index contributed by atoms with van der Waals surface area (Å²) in [5, 5.41) is 16.3. The highest BCUT2D eigenvalue weighted by atomic mass is 32.1. The van der Waals surface area contributed by atoms with E-state index in [1.807, 2.05) is 76.3 Å². The van der Waals surface area contributed by atoms with Crippen molar-refractivity contribution in [2.45, 2.75) is 12.1 Å². The number of ether oxygens (including phenoxy) is 1. The Bertz CT molecular complexity index is 1470. The molecule has 1 aliphatic heterocycles. The van der Waals surface area contributed by atoms with Crippen LogP contribution < -0.4 is 15.5 Å². The van der Waals surface area contributed by atoms with E-state index in [0.29, 0.717) is 10.8 Å². The van der Waals surface area contributed by atoms with Gasteiger partial charge in [0.1, 0.15) is 12.6 Å². The first-order valence-electron chi connectivity index (χ1n) is 11.9. The molecule has 0 spiro atoms. The number of amides is 1. The van der Waals surface area contributed by atoms with Crippen molar-refractivity contribution in [2.24, 2.45) is 0 Å². The monoisotopic (exact) mass is 527 g/mol. The molecular weight excluding hydrogens is 502 g/mol. The molecule has 1 amide bonds. The maximum absolute atomic E-state index is 11.9. The number of aromatic carboxylic acids is 1. The maximum Gasteiger partial charge on any atom is 0.335 e. The fourth-order valence-corrected chi connectivity index (χ4v) is 4.97. The van der Waals surface area contributed by atoms with E-state index in [-0.39, 0.29) is 30.2 Å². The van der Waals surface area contributed by atoms with E-state index in [1.165, 1.54) is 7.11 Å². The second kappa shape index (κ2) is 10.8. The number of carboxylic acids is 1. The molecule has 38 heavy (non-hydrogen) atoms. The molecule has 2 aromatic carbocycles. The van der Waals surface area contributed by atoms with Crippen molar-refractivity contribution in [2.75, 3.05) is 23.9 Å². The Kier molecular flexibility index (Phi) is 7.16. The van der Waals surface area contributed by atoms with Gasteiger partial charge in [0.05, 0.1) is 17.3 Å².